The second-order valence-corrected chi connectivity index (χ2v) is 4.32. The minimum atomic E-state index is 0.566. The van der Waals surface area contributed by atoms with E-state index in [0.29, 0.717) is 11.4 Å². The van der Waals surface area contributed by atoms with Crippen LogP contribution in [0.3, 0.4) is 0 Å². The lowest BCUT2D eigenvalue weighted by Crippen LogP contribution is -1.76. The van der Waals surface area contributed by atoms with Crippen molar-refractivity contribution in [3.8, 4) is 11.1 Å². The molecule has 0 aliphatic rings. The minimum absolute atomic E-state index is 0.566. The first kappa shape index (κ1) is 21.1. The molecule has 2 aromatic rings. The molecule has 0 atom stereocenters. The molecule has 0 radical (unpaired) electrons. The molecule has 0 amide bonds. The quantitative estimate of drug-likeness (QED) is 0.634. The Morgan fingerprint density at radius 2 is 0.875 bits per heavy atom. The lowest BCUT2D eigenvalue weighted by molar-refractivity contribution is 0.277. The second kappa shape index (κ2) is 13.8. The summed E-state index contributed by atoms with van der Waals surface area (Å²) >= 11 is 0. The first-order valence-electron chi connectivity index (χ1n) is 6.83. The van der Waals surface area contributed by atoms with Crippen LogP contribution in [-0.2, 0) is 19.1 Å². The Bertz CT molecular complexity index is 608. The number of methoxy groups -OCH3 is 2. The van der Waals surface area contributed by atoms with Gasteiger partial charge in [0.05, 0.1) is 11.4 Å². The van der Waals surface area contributed by atoms with E-state index in [-0.39, 0.29) is 0 Å². The van der Waals surface area contributed by atoms with E-state index in [1.165, 1.54) is 12.2 Å². The largest absolute Gasteiger partial charge is 0.388 e. The van der Waals surface area contributed by atoms with Crippen LogP contribution in [-0.4, -0.2) is 40.6 Å². The van der Waals surface area contributed by atoms with Gasteiger partial charge in [0, 0.05) is 28.4 Å². The van der Waals surface area contributed by atoms with Gasteiger partial charge in [0.25, 0.3) is 0 Å². The first-order valence-corrected chi connectivity index (χ1v) is 6.83. The van der Waals surface area contributed by atoms with Gasteiger partial charge in [-0.15, -0.1) is 0 Å². The Morgan fingerprint density at radius 1 is 0.625 bits per heavy atom. The van der Waals surface area contributed by atoms with Gasteiger partial charge in [-0.25, -0.2) is 9.59 Å². The molecule has 126 valence electrons. The SMILES string of the molecule is COC.COC.O=C=Nc1ccc(-c2ccc(N=C=O)cc2)cc1. The molecule has 0 aliphatic carbocycles. The zero-order chi connectivity index (χ0) is 18.2. The van der Waals surface area contributed by atoms with E-state index >= 15 is 0 Å². The highest BCUT2D eigenvalue weighted by Gasteiger charge is 1.98. The Hall–Kier alpha value is -2.88. The van der Waals surface area contributed by atoms with E-state index in [4.69, 9.17) is 0 Å². The van der Waals surface area contributed by atoms with Crippen molar-refractivity contribution in [1.29, 1.82) is 0 Å². The smallest absolute Gasteiger partial charge is 0.240 e. The van der Waals surface area contributed by atoms with Gasteiger partial charge in [0.15, 0.2) is 0 Å². The van der Waals surface area contributed by atoms with E-state index in [0.717, 1.165) is 11.1 Å². The molecule has 0 N–H and O–H groups in total. The number of hydrogen-bond acceptors (Lipinski definition) is 6. The van der Waals surface area contributed by atoms with Crippen molar-refractivity contribution in [2.75, 3.05) is 28.4 Å². The Morgan fingerprint density at radius 3 is 1.08 bits per heavy atom. The molecule has 0 heterocycles. The van der Waals surface area contributed by atoms with Crippen molar-refractivity contribution in [2.24, 2.45) is 9.98 Å². The molecule has 2 rings (SSSR count). The average molecular weight is 328 g/mol. The molecule has 0 fully saturated rings. The molecule has 24 heavy (non-hydrogen) atoms. The number of benzene rings is 2. The van der Waals surface area contributed by atoms with Gasteiger partial charge in [-0.3, -0.25) is 0 Å². The molecule has 6 heteroatoms. The lowest BCUT2D eigenvalue weighted by Gasteiger charge is -2.01. The summed E-state index contributed by atoms with van der Waals surface area (Å²) in [5.41, 5.74) is 3.11. The molecule has 2 aromatic carbocycles. The number of carbonyl (C=O) groups excluding carboxylic acids is 2. The van der Waals surface area contributed by atoms with E-state index < -0.39 is 0 Å². The number of rotatable bonds is 3. The highest BCUT2D eigenvalue weighted by molar-refractivity contribution is 5.68. The summed E-state index contributed by atoms with van der Waals surface area (Å²) in [7, 11) is 6.50. The lowest BCUT2D eigenvalue weighted by atomic mass is 10.1. The van der Waals surface area contributed by atoms with Crippen molar-refractivity contribution >= 4 is 23.5 Å². The number of hydrogen-bond donors (Lipinski definition) is 0. The minimum Gasteiger partial charge on any atom is -0.388 e. The van der Waals surface area contributed by atoms with Crippen LogP contribution in [0.25, 0.3) is 11.1 Å². The van der Waals surface area contributed by atoms with E-state index in [9.17, 15) is 9.59 Å². The maximum Gasteiger partial charge on any atom is 0.240 e. The molecule has 0 aliphatic heterocycles. The Kier molecular flexibility index (Phi) is 12.1. The van der Waals surface area contributed by atoms with Gasteiger partial charge in [-0.2, -0.15) is 9.98 Å². The summed E-state index contributed by atoms with van der Waals surface area (Å²) in [6.45, 7) is 0. The van der Waals surface area contributed by atoms with Gasteiger partial charge < -0.3 is 9.47 Å². The van der Waals surface area contributed by atoms with Crippen LogP contribution < -0.4 is 0 Å². The van der Waals surface area contributed by atoms with E-state index in [1.54, 1.807) is 52.7 Å². The molecular weight excluding hydrogens is 308 g/mol. The van der Waals surface area contributed by atoms with Crippen molar-refractivity contribution in [3.05, 3.63) is 48.5 Å². The summed E-state index contributed by atoms with van der Waals surface area (Å²) < 4.78 is 8.50. The van der Waals surface area contributed by atoms with Crippen LogP contribution >= 0.6 is 0 Å². The van der Waals surface area contributed by atoms with Crippen molar-refractivity contribution in [3.63, 3.8) is 0 Å². The van der Waals surface area contributed by atoms with Gasteiger partial charge in [0.1, 0.15) is 0 Å². The predicted octanol–water partition coefficient (Wildman–Crippen LogP) is 3.81. The second-order valence-electron chi connectivity index (χ2n) is 4.32. The number of nitrogens with zero attached hydrogens (tertiary/aromatic N) is 2. The topological polar surface area (TPSA) is 77.3 Å². The third-order valence-electron chi connectivity index (χ3n) is 2.42. The van der Waals surface area contributed by atoms with Crippen LogP contribution in [0.5, 0.6) is 0 Å². The van der Waals surface area contributed by atoms with Crippen molar-refractivity contribution < 1.29 is 19.1 Å². The Balaban J connectivity index is 0.000000772. The molecule has 0 bridgehead atoms. The Labute approximate surface area is 141 Å². The average Bonchev–Trinajstić information content (AvgIpc) is 2.58. The molecule has 0 saturated heterocycles. The maximum atomic E-state index is 10.1. The molecular formula is C18H20N2O4. The monoisotopic (exact) mass is 328 g/mol. The zero-order valence-electron chi connectivity index (χ0n) is 14.1. The maximum absolute atomic E-state index is 10.1. The summed E-state index contributed by atoms with van der Waals surface area (Å²) in [6, 6.07) is 14.4. The third kappa shape index (κ3) is 8.54. The molecule has 6 nitrogen and oxygen atoms in total. The van der Waals surface area contributed by atoms with Crippen LogP contribution in [0.2, 0.25) is 0 Å². The highest BCUT2D eigenvalue weighted by Crippen LogP contribution is 2.24. The third-order valence-corrected chi connectivity index (χ3v) is 2.42. The number of isocyanates is 2. The zero-order valence-corrected chi connectivity index (χ0v) is 14.1. The number of aliphatic imine (C=N–C) groups is 2. The van der Waals surface area contributed by atoms with Gasteiger partial charge in [-0.05, 0) is 35.4 Å². The highest BCUT2D eigenvalue weighted by atomic mass is 16.5. The summed E-state index contributed by atoms with van der Waals surface area (Å²) in [5.74, 6) is 0. The first-order chi connectivity index (χ1) is 11.7. The van der Waals surface area contributed by atoms with Gasteiger partial charge in [0.2, 0.25) is 12.2 Å². The molecule has 0 unspecified atom stereocenters. The molecule has 0 spiro atoms. The fraction of sp³-hybridized carbons (Fsp3) is 0.222. The van der Waals surface area contributed by atoms with Crippen molar-refractivity contribution in [2.45, 2.75) is 0 Å². The van der Waals surface area contributed by atoms with Crippen LogP contribution in [0, 0.1) is 0 Å². The molecule has 0 saturated carbocycles. The van der Waals surface area contributed by atoms with Gasteiger partial charge >= 0.3 is 0 Å². The van der Waals surface area contributed by atoms with Gasteiger partial charge in [-0.1, -0.05) is 24.3 Å². The summed E-state index contributed by atoms with van der Waals surface area (Å²) in [6.07, 6.45) is 2.98. The van der Waals surface area contributed by atoms with E-state index in [2.05, 4.69) is 19.5 Å². The predicted molar refractivity (Wildman–Crippen MR) is 93.3 cm³/mol. The normalized spacial score (nSPS) is 8.33. The summed E-state index contributed by atoms with van der Waals surface area (Å²) in [5, 5.41) is 0. The fourth-order valence-corrected chi connectivity index (χ4v) is 1.56. The fourth-order valence-electron chi connectivity index (χ4n) is 1.56. The van der Waals surface area contributed by atoms with Crippen LogP contribution in [0.1, 0.15) is 0 Å². The van der Waals surface area contributed by atoms with Crippen molar-refractivity contribution in [1.82, 2.24) is 0 Å². The summed E-state index contributed by atoms with van der Waals surface area (Å²) in [4.78, 5) is 27.2. The van der Waals surface area contributed by atoms with Crippen LogP contribution in [0.4, 0.5) is 11.4 Å². The van der Waals surface area contributed by atoms with E-state index in [1.807, 2.05) is 24.3 Å². The standard InChI is InChI=1S/C14H8N2O2.2C2H6O/c17-9-15-13-5-1-11(2-6-13)12-3-7-14(8-4-12)16-10-18;2*1-3-2/h1-8H;2*1-2H3. The number of ether oxygens (including phenoxy) is 2. The molecule has 0 aromatic heterocycles. The van der Waals surface area contributed by atoms with Crippen LogP contribution in [0.15, 0.2) is 58.5 Å².